The number of aromatic nitrogens is 2. The number of carbonyl (C=O) groups is 1. The molecule has 1 aromatic carbocycles. The normalized spacial score (nSPS) is 10.6. The number of carbonyl (C=O) groups excluding carboxylic acids is 1. The fourth-order valence-corrected chi connectivity index (χ4v) is 2.56. The van der Waals surface area contributed by atoms with Crippen molar-refractivity contribution in [3.63, 3.8) is 0 Å². The highest BCUT2D eigenvalue weighted by molar-refractivity contribution is 7.16. The third-order valence-corrected chi connectivity index (χ3v) is 3.60. The van der Waals surface area contributed by atoms with Crippen LogP contribution in [0.3, 0.4) is 0 Å². The summed E-state index contributed by atoms with van der Waals surface area (Å²) in [4.78, 5) is 20.3. The fraction of sp³-hybridized carbons (Fsp3) is 0.0714. The maximum absolute atomic E-state index is 11.9. The lowest BCUT2D eigenvalue weighted by atomic mass is 10.2. The number of amides is 1. The number of anilines is 2. The summed E-state index contributed by atoms with van der Waals surface area (Å²) in [5.41, 5.74) is 10.3. The summed E-state index contributed by atoms with van der Waals surface area (Å²) in [7, 11) is 0. The van der Waals surface area contributed by atoms with E-state index in [9.17, 15) is 4.79 Å². The summed E-state index contributed by atoms with van der Waals surface area (Å²) in [6, 6.07) is 9.14. The van der Waals surface area contributed by atoms with E-state index in [-0.39, 0.29) is 12.3 Å². The summed E-state index contributed by atoms with van der Waals surface area (Å²) >= 11 is 1.55. The minimum Gasteiger partial charge on any atom is -0.397 e. The molecule has 0 aliphatic carbocycles. The van der Waals surface area contributed by atoms with Gasteiger partial charge < -0.3 is 11.1 Å². The number of nitrogens with two attached hydrogens (primary N) is 1. The molecule has 0 radical (unpaired) electrons. The van der Waals surface area contributed by atoms with Gasteiger partial charge in [-0.15, -0.1) is 11.3 Å². The Kier molecular flexibility index (Phi) is 3.30. The lowest BCUT2D eigenvalue weighted by Gasteiger charge is -2.05. The minimum atomic E-state index is -0.105. The molecule has 100 valence electrons. The summed E-state index contributed by atoms with van der Waals surface area (Å²) in [5.74, 6) is -0.105. The van der Waals surface area contributed by atoms with Gasteiger partial charge in [-0.1, -0.05) is 0 Å². The quantitative estimate of drug-likeness (QED) is 0.774. The first-order chi connectivity index (χ1) is 9.70. The smallest absolute Gasteiger partial charge is 0.230 e. The molecule has 0 spiro atoms. The second-order valence-corrected chi connectivity index (χ2v) is 5.23. The molecule has 2 aromatic heterocycles. The van der Waals surface area contributed by atoms with Crippen LogP contribution in [0.25, 0.3) is 10.2 Å². The van der Waals surface area contributed by atoms with Gasteiger partial charge in [-0.3, -0.25) is 9.78 Å². The van der Waals surface area contributed by atoms with Crippen LogP contribution in [0, 0.1) is 0 Å². The molecule has 0 aliphatic rings. The Hall–Kier alpha value is -2.47. The topological polar surface area (TPSA) is 80.9 Å². The van der Waals surface area contributed by atoms with Gasteiger partial charge >= 0.3 is 0 Å². The van der Waals surface area contributed by atoms with Gasteiger partial charge in [0.1, 0.15) is 0 Å². The van der Waals surface area contributed by atoms with Crippen molar-refractivity contribution in [3.8, 4) is 0 Å². The van der Waals surface area contributed by atoms with E-state index in [1.54, 1.807) is 35.2 Å². The van der Waals surface area contributed by atoms with E-state index in [1.165, 1.54) is 0 Å². The number of fused-ring (bicyclic) bond motifs is 1. The molecule has 6 heteroatoms. The molecule has 0 fully saturated rings. The Labute approximate surface area is 119 Å². The summed E-state index contributed by atoms with van der Waals surface area (Å²) in [5, 5.41) is 2.86. The summed E-state index contributed by atoms with van der Waals surface area (Å²) in [6.45, 7) is 0. The molecule has 0 aliphatic heterocycles. The number of pyridine rings is 1. The molecule has 3 N–H and O–H groups in total. The molecular weight excluding hydrogens is 272 g/mol. The predicted molar refractivity (Wildman–Crippen MR) is 80.6 cm³/mol. The zero-order valence-electron chi connectivity index (χ0n) is 10.5. The van der Waals surface area contributed by atoms with Crippen molar-refractivity contribution in [2.75, 3.05) is 11.1 Å². The molecule has 20 heavy (non-hydrogen) atoms. The van der Waals surface area contributed by atoms with Crippen molar-refractivity contribution < 1.29 is 4.79 Å². The van der Waals surface area contributed by atoms with Gasteiger partial charge in [-0.25, -0.2) is 4.98 Å². The second kappa shape index (κ2) is 5.26. The number of hydrogen-bond acceptors (Lipinski definition) is 5. The van der Waals surface area contributed by atoms with Gasteiger partial charge in [0.25, 0.3) is 0 Å². The largest absolute Gasteiger partial charge is 0.397 e. The first-order valence-electron chi connectivity index (χ1n) is 6.04. The Balaban J connectivity index is 1.70. The van der Waals surface area contributed by atoms with Crippen LogP contribution in [0.2, 0.25) is 0 Å². The van der Waals surface area contributed by atoms with Crippen LogP contribution in [-0.4, -0.2) is 15.9 Å². The zero-order chi connectivity index (χ0) is 13.9. The van der Waals surface area contributed by atoms with E-state index < -0.39 is 0 Å². The van der Waals surface area contributed by atoms with Crippen LogP contribution in [0.5, 0.6) is 0 Å². The maximum Gasteiger partial charge on any atom is 0.230 e. The molecule has 0 saturated heterocycles. The van der Waals surface area contributed by atoms with Crippen LogP contribution < -0.4 is 11.1 Å². The number of nitrogens with zero attached hydrogens (tertiary/aromatic N) is 2. The standard InChI is InChI=1S/C14H12N4OS/c15-9-1-2-10(16-7-9)6-14(19)18-11-3-4-12-13(5-11)20-8-17-12/h1-5,7-8H,6,15H2,(H,18,19). The molecule has 0 saturated carbocycles. The molecule has 3 rings (SSSR count). The van der Waals surface area contributed by atoms with E-state index in [0.29, 0.717) is 11.4 Å². The van der Waals surface area contributed by atoms with Gasteiger partial charge in [0.2, 0.25) is 5.91 Å². The highest BCUT2D eigenvalue weighted by Gasteiger charge is 2.06. The van der Waals surface area contributed by atoms with E-state index in [4.69, 9.17) is 5.73 Å². The van der Waals surface area contributed by atoms with E-state index in [0.717, 1.165) is 15.9 Å². The van der Waals surface area contributed by atoms with Crippen LogP contribution in [0.15, 0.2) is 42.0 Å². The lowest BCUT2D eigenvalue weighted by molar-refractivity contribution is -0.115. The predicted octanol–water partition coefficient (Wildman–Crippen LogP) is 2.45. The molecule has 0 bridgehead atoms. The molecule has 0 unspecified atom stereocenters. The first-order valence-corrected chi connectivity index (χ1v) is 6.92. The van der Waals surface area contributed by atoms with Gasteiger partial charge in [0.15, 0.2) is 0 Å². The van der Waals surface area contributed by atoms with E-state index in [1.807, 2.05) is 18.2 Å². The third kappa shape index (κ3) is 2.75. The second-order valence-electron chi connectivity index (χ2n) is 4.34. The number of benzene rings is 1. The van der Waals surface area contributed by atoms with Crippen LogP contribution >= 0.6 is 11.3 Å². The average molecular weight is 284 g/mol. The van der Waals surface area contributed by atoms with Crippen molar-refractivity contribution >= 4 is 38.8 Å². The van der Waals surface area contributed by atoms with Crippen molar-refractivity contribution in [1.29, 1.82) is 0 Å². The molecule has 3 aromatic rings. The van der Waals surface area contributed by atoms with E-state index in [2.05, 4.69) is 15.3 Å². The van der Waals surface area contributed by atoms with Gasteiger partial charge in [0, 0.05) is 11.4 Å². The average Bonchev–Trinajstić information content (AvgIpc) is 2.89. The molecule has 0 atom stereocenters. The van der Waals surface area contributed by atoms with Crippen LogP contribution in [-0.2, 0) is 11.2 Å². The number of thiazole rings is 1. The van der Waals surface area contributed by atoms with Crippen molar-refractivity contribution in [2.45, 2.75) is 6.42 Å². The van der Waals surface area contributed by atoms with Crippen molar-refractivity contribution in [2.24, 2.45) is 0 Å². The third-order valence-electron chi connectivity index (χ3n) is 2.80. The number of nitrogen functional groups attached to an aromatic ring is 1. The highest BCUT2D eigenvalue weighted by Crippen LogP contribution is 2.21. The Morgan fingerprint density at radius 1 is 1.25 bits per heavy atom. The first kappa shape index (κ1) is 12.6. The van der Waals surface area contributed by atoms with Crippen LogP contribution in [0.1, 0.15) is 5.69 Å². The van der Waals surface area contributed by atoms with Gasteiger partial charge in [-0.05, 0) is 30.3 Å². The molecule has 1 amide bonds. The molecule has 2 heterocycles. The number of nitrogens with one attached hydrogen (secondary N) is 1. The minimum absolute atomic E-state index is 0.105. The van der Waals surface area contributed by atoms with Gasteiger partial charge in [0.05, 0.1) is 34.0 Å². The SMILES string of the molecule is Nc1ccc(CC(=O)Nc2ccc3ncsc3c2)nc1. The lowest BCUT2D eigenvalue weighted by Crippen LogP contribution is -2.15. The molecular formula is C14H12N4OS. The molecule has 5 nitrogen and oxygen atoms in total. The summed E-state index contributed by atoms with van der Waals surface area (Å²) in [6.07, 6.45) is 1.77. The Bertz CT molecular complexity index is 751. The van der Waals surface area contributed by atoms with Crippen molar-refractivity contribution in [1.82, 2.24) is 9.97 Å². The van der Waals surface area contributed by atoms with Gasteiger partial charge in [-0.2, -0.15) is 0 Å². The monoisotopic (exact) mass is 284 g/mol. The highest BCUT2D eigenvalue weighted by atomic mass is 32.1. The number of rotatable bonds is 3. The van der Waals surface area contributed by atoms with Crippen molar-refractivity contribution in [3.05, 3.63) is 47.7 Å². The van der Waals surface area contributed by atoms with Crippen LogP contribution in [0.4, 0.5) is 11.4 Å². The maximum atomic E-state index is 11.9. The number of hydrogen-bond donors (Lipinski definition) is 2. The zero-order valence-corrected chi connectivity index (χ0v) is 11.4. The summed E-state index contributed by atoms with van der Waals surface area (Å²) < 4.78 is 1.05. The Morgan fingerprint density at radius 3 is 2.95 bits per heavy atom. The Morgan fingerprint density at radius 2 is 2.15 bits per heavy atom. The fourth-order valence-electron chi connectivity index (χ4n) is 1.84. The van der Waals surface area contributed by atoms with E-state index >= 15 is 0 Å².